The predicted molar refractivity (Wildman–Crippen MR) is 132 cm³/mol. The maximum atomic E-state index is 13.4. The van der Waals surface area contributed by atoms with Crippen LogP contribution in [0, 0.1) is 10.1 Å². The number of carbonyl (C=O) groups excluding carboxylic acids is 1. The van der Waals surface area contributed by atoms with Crippen molar-refractivity contribution in [2.45, 2.75) is 23.4 Å². The molecule has 0 aromatic heterocycles. The van der Waals surface area contributed by atoms with E-state index in [2.05, 4.69) is 6.58 Å². The molecule has 1 N–H and O–H groups in total. The number of amides is 1. The third-order valence-electron chi connectivity index (χ3n) is 6.18. The van der Waals surface area contributed by atoms with E-state index in [0.717, 1.165) is 38.2 Å². The Morgan fingerprint density at radius 3 is 2.44 bits per heavy atom. The molecule has 36 heavy (non-hydrogen) atoms. The summed E-state index contributed by atoms with van der Waals surface area (Å²) < 4.78 is 27.5. The number of piperazine rings is 1. The van der Waals surface area contributed by atoms with E-state index < -0.39 is 49.5 Å². The summed E-state index contributed by atoms with van der Waals surface area (Å²) >= 11 is 0. The minimum atomic E-state index is -4.46. The highest BCUT2D eigenvalue weighted by Gasteiger charge is 2.45. The Morgan fingerprint density at radius 2 is 1.78 bits per heavy atom. The van der Waals surface area contributed by atoms with Crippen LogP contribution in [-0.4, -0.2) is 64.7 Å². The van der Waals surface area contributed by atoms with Crippen LogP contribution in [0.3, 0.4) is 0 Å². The average molecular weight is 510 g/mol. The molecule has 1 heterocycles. The molecule has 1 amide bonds. The lowest BCUT2D eigenvalue weighted by atomic mass is 9.99. The van der Waals surface area contributed by atoms with E-state index in [1.54, 1.807) is 6.07 Å². The molecule has 3 aromatic rings. The zero-order valence-electron chi connectivity index (χ0n) is 19.1. The molecular formula is C25H23N3O7S. The number of aliphatic carboxylic acids is 1. The summed E-state index contributed by atoms with van der Waals surface area (Å²) in [4.78, 5) is 36.7. The van der Waals surface area contributed by atoms with Gasteiger partial charge >= 0.3 is 5.97 Å². The Bertz CT molecular complexity index is 1470. The SMILES string of the molecule is C=C[C@H]1C(=O)N([C@@H](Cc2ccc3ccccc3c2)C(=O)O)CCN1S(=O)(=O)c1ccccc1[N+](=O)[O-]. The molecule has 2 atom stereocenters. The number of hydrogen-bond donors (Lipinski definition) is 1. The fourth-order valence-electron chi connectivity index (χ4n) is 4.42. The van der Waals surface area contributed by atoms with Crippen molar-refractivity contribution in [2.75, 3.05) is 13.1 Å². The van der Waals surface area contributed by atoms with Crippen LogP contribution in [0.4, 0.5) is 5.69 Å². The first-order valence-electron chi connectivity index (χ1n) is 11.0. The number of benzene rings is 3. The van der Waals surface area contributed by atoms with Crippen molar-refractivity contribution in [3.05, 3.63) is 95.1 Å². The van der Waals surface area contributed by atoms with Crippen LogP contribution < -0.4 is 0 Å². The lowest BCUT2D eigenvalue weighted by molar-refractivity contribution is -0.387. The summed E-state index contributed by atoms with van der Waals surface area (Å²) in [5.41, 5.74) is 0.0916. The second-order valence-corrected chi connectivity index (χ2v) is 10.2. The summed E-state index contributed by atoms with van der Waals surface area (Å²) in [6, 6.07) is 15.3. The van der Waals surface area contributed by atoms with Crippen LogP contribution in [0.2, 0.25) is 0 Å². The number of carboxylic acid groups (broad SMARTS) is 1. The van der Waals surface area contributed by atoms with Crippen molar-refractivity contribution in [1.82, 2.24) is 9.21 Å². The van der Waals surface area contributed by atoms with Gasteiger partial charge in [0.2, 0.25) is 5.91 Å². The predicted octanol–water partition coefficient (Wildman–Crippen LogP) is 2.83. The van der Waals surface area contributed by atoms with E-state index >= 15 is 0 Å². The summed E-state index contributed by atoms with van der Waals surface area (Å²) in [7, 11) is -4.46. The number of rotatable bonds is 8. The Kier molecular flexibility index (Phi) is 6.86. The van der Waals surface area contributed by atoms with Gasteiger partial charge in [-0.3, -0.25) is 14.9 Å². The van der Waals surface area contributed by atoms with Crippen molar-refractivity contribution in [2.24, 2.45) is 0 Å². The normalized spacial score (nSPS) is 17.6. The van der Waals surface area contributed by atoms with Gasteiger partial charge in [-0.05, 0) is 22.4 Å². The molecule has 0 aliphatic carbocycles. The van der Waals surface area contributed by atoms with Crippen LogP contribution in [0.15, 0.2) is 84.3 Å². The van der Waals surface area contributed by atoms with E-state index in [-0.39, 0.29) is 19.5 Å². The minimum Gasteiger partial charge on any atom is -0.480 e. The lowest BCUT2D eigenvalue weighted by Gasteiger charge is -2.40. The van der Waals surface area contributed by atoms with Crippen molar-refractivity contribution >= 4 is 38.4 Å². The molecule has 0 spiro atoms. The van der Waals surface area contributed by atoms with Crippen molar-refractivity contribution in [3.63, 3.8) is 0 Å². The largest absolute Gasteiger partial charge is 0.480 e. The summed E-state index contributed by atoms with van der Waals surface area (Å²) in [6.45, 7) is 3.12. The second-order valence-electron chi connectivity index (χ2n) is 8.29. The second kappa shape index (κ2) is 9.88. The summed E-state index contributed by atoms with van der Waals surface area (Å²) in [5.74, 6) is -1.99. The molecule has 3 aromatic carbocycles. The van der Waals surface area contributed by atoms with Gasteiger partial charge in [0.05, 0.1) is 4.92 Å². The van der Waals surface area contributed by atoms with Gasteiger partial charge in [-0.2, -0.15) is 4.31 Å². The van der Waals surface area contributed by atoms with Gasteiger partial charge in [0.25, 0.3) is 15.7 Å². The van der Waals surface area contributed by atoms with Gasteiger partial charge in [0, 0.05) is 25.6 Å². The molecule has 0 radical (unpaired) electrons. The number of carbonyl (C=O) groups is 2. The van der Waals surface area contributed by atoms with Gasteiger partial charge in [-0.25, -0.2) is 13.2 Å². The average Bonchev–Trinajstić information content (AvgIpc) is 2.87. The molecule has 4 rings (SSSR count). The summed E-state index contributed by atoms with van der Waals surface area (Å²) in [5, 5.41) is 23.3. The number of carboxylic acids is 1. The van der Waals surface area contributed by atoms with Crippen molar-refractivity contribution < 1.29 is 28.0 Å². The molecule has 11 heteroatoms. The van der Waals surface area contributed by atoms with Gasteiger partial charge in [0.15, 0.2) is 4.90 Å². The van der Waals surface area contributed by atoms with Crippen molar-refractivity contribution in [1.29, 1.82) is 0 Å². The standard InChI is InChI=1S/C25H23N3O7S/c1-2-20-24(29)26(13-14-27(20)36(34,35)23-10-6-5-9-21(23)28(32)33)22(25(30)31)16-17-11-12-18-7-3-4-8-19(18)15-17/h2-12,15,20,22H,1,13-14,16H2,(H,30,31)/t20-,22-/m0/s1. The highest BCUT2D eigenvalue weighted by atomic mass is 32.2. The highest BCUT2D eigenvalue weighted by Crippen LogP contribution is 2.30. The number of hydrogen-bond acceptors (Lipinski definition) is 6. The third-order valence-corrected chi connectivity index (χ3v) is 8.11. The summed E-state index contributed by atoms with van der Waals surface area (Å²) in [6.07, 6.45) is 1.13. The molecule has 0 unspecified atom stereocenters. The number of para-hydroxylation sites is 1. The quantitative estimate of drug-likeness (QED) is 0.280. The number of nitro groups is 1. The number of nitro benzene ring substituents is 1. The molecule has 1 aliphatic rings. The monoisotopic (exact) mass is 509 g/mol. The van der Waals surface area contributed by atoms with Crippen molar-refractivity contribution in [3.8, 4) is 0 Å². The number of fused-ring (bicyclic) bond motifs is 1. The Labute approximate surface area is 207 Å². The Balaban J connectivity index is 1.63. The van der Waals surface area contributed by atoms with Crippen LogP contribution in [0.25, 0.3) is 10.8 Å². The van der Waals surface area contributed by atoms with Gasteiger partial charge in [-0.1, -0.05) is 60.7 Å². The minimum absolute atomic E-state index is 0.0205. The first-order valence-corrected chi connectivity index (χ1v) is 12.5. The zero-order chi connectivity index (χ0) is 26.0. The Morgan fingerprint density at radius 1 is 1.11 bits per heavy atom. The Hall–Kier alpha value is -4.09. The maximum absolute atomic E-state index is 13.4. The maximum Gasteiger partial charge on any atom is 0.326 e. The molecule has 0 saturated carbocycles. The van der Waals surface area contributed by atoms with E-state index in [1.165, 1.54) is 12.1 Å². The van der Waals surface area contributed by atoms with Crippen LogP contribution in [-0.2, 0) is 26.0 Å². The molecule has 1 aliphatic heterocycles. The van der Waals surface area contributed by atoms with E-state index in [9.17, 15) is 33.2 Å². The topological polar surface area (TPSA) is 138 Å². The molecule has 1 saturated heterocycles. The lowest BCUT2D eigenvalue weighted by Crippen LogP contribution is -2.61. The zero-order valence-corrected chi connectivity index (χ0v) is 19.9. The van der Waals surface area contributed by atoms with Crippen LogP contribution in [0.1, 0.15) is 5.56 Å². The first-order chi connectivity index (χ1) is 17.1. The van der Waals surface area contributed by atoms with E-state index in [4.69, 9.17) is 0 Å². The first kappa shape index (κ1) is 25.0. The number of nitrogens with zero attached hydrogens (tertiary/aromatic N) is 3. The third kappa shape index (κ3) is 4.58. The fraction of sp³-hybridized carbons (Fsp3) is 0.200. The number of sulfonamides is 1. The van der Waals surface area contributed by atoms with Gasteiger partial charge in [0.1, 0.15) is 12.1 Å². The van der Waals surface area contributed by atoms with Crippen LogP contribution >= 0.6 is 0 Å². The highest BCUT2D eigenvalue weighted by molar-refractivity contribution is 7.89. The molecule has 10 nitrogen and oxygen atoms in total. The molecule has 186 valence electrons. The molecule has 0 bridgehead atoms. The smallest absolute Gasteiger partial charge is 0.326 e. The molecule has 1 fully saturated rings. The molecular weight excluding hydrogens is 486 g/mol. The van der Waals surface area contributed by atoms with Crippen LogP contribution in [0.5, 0.6) is 0 Å². The van der Waals surface area contributed by atoms with E-state index in [0.29, 0.717) is 5.56 Å². The van der Waals surface area contributed by atoms with E-state index in [1.807, 2.05) is 36.4 Å². The van der Waals surface area contributed by atoms with Gasteiger partial charge < -0.3 is 10.0 Å². The van der Waals surface area contributed by atoms with Gasteiger partial charge in [-0.15, -0.1) is 6.58 Å². The fourth-order valence-corrected chi connectivity index (χ4v) is 6.13.